The molecule has 0 saturated carbocycles. The number of nitrogens with zero attached hydrogens (tertiary/aromatic N) is 1. The Hall–Kier alpha value is -2.48. The fraction of sp³-hybridized carbons (Fsp3) is 0.0909. The van der Waals surface area contributed by atoms with Crippen molar-refractivity contribution in [1.29, 1.82) is 0 Å². The monoisotopic (exact) mass is 281 g/mol. The van der Waals surface area contributed by atoms with E-state index in [0.29, 0.717) is 10.9 Å². The van der Waals surface area contributed by atoms with Gasteiger partial charge in [-0.25, -0.2) is 5.10 Å². The number of H-pyrrole nitrogens is 1. The minimum absolute atomic E-state index is 0.316. The molecular formula is C11H11N3O4S. The minimum Gasteiger partial charge on any atom is -0.370 e. The topological polar surface area (TPSA) is 123 Å². The Balaban J connectivity index is 0.000000399. The summed E-state index contributed by atoms with van der Waals surface area (Å²) in [4.78, 5) is 20.5. The molecule has 0 spiro atoms. The molecular weight excluding hydrogens is 270 g/mol. The van der Waals surface area contributed by atoms with Crippen molar-refractivity contribution in [3.63, 3.8) is 0 Å². The lowest BCUT2D eigenvalue weighted by Gasteiger charge is -1.85. The van der Waals surface area contributed by atoms with E-state index in [2.05, 4.69) is 15.9 Å². The lowest BCUT2D eigenvalue weighted by atomic mass is 10.2. The molecule has 2 rings (SSSR count). The largest absolute Gasteiger partial charge is 0.370 e. The molecule has 19 heavy (non-hydrogen) atoms. The fourth-order valence-corrected chi connectivity index (χ4v) is 1.63. The van der Waals surface area contributed by atoms with Crippen molar-refractivity contribution >= 4 is 27.1 Å². The van der Waals surface area contributed by atoms with Crippen LogP contribution in [0.2, 0.25) is 0 Å². The van der Waals surface area contributed by atoms with Crippen molar-refractivity contribution in [1.82, 2.24) is 10.2 Å². The molecule has 0 saturated heterocycles. The molecule has 0 unspecified atom stereocenters. The summed E-state index contributed by atoms with van der Waals surface area (Å²) in [6.45, 7) is 1.31. The van der Waals surface area contributed by atoms with Crippen LogP contribution in [0.5, 0.6) is 0 Å². The molecule has 0 aliphatic heterocycles. The van der Waals surface area contributed by atoms with Crippen LogP contribution < -0.4 is 11.3 Å². The third-order valence-corrected chi connectivity index (χ3v) is 2.57. The van der Waals surface area contributed by atoms with Gasteiger partial charge < -0.3 is 5.73 Å². The first-order valence-electron chi connectivity index (χ1n) is 5.09. The summed E-state index contributed by atoms with van der Waals surface area (Å²) in [5, 5.41) is 6.52. The normalized spacial score (nSPS) is 9.32. The summed E-state index contributed by atoms with van der Waals surface area (Å²) in [5.74, 6) is -0.333. The molecule has 0 aliphatic carbocycles. The Labute approximate surface area is 109 Å². The standard InChI is InChI=1S/C9H6N2O3S.C2H5NO/c12-9-8(15(13)14)5-6-3-1-2-4-7(6)10-11-9;1-2(3)4/h1-5H,(H,11,12);1H3,(H2,3,4). The third-order valence-electron chi connectivity index (χ3n) is 1.90. The Kier molecular flexibility index (Phi) is 4.95. The number of nitrogens with two attached hydrogens (primary N) is 1. The molecule has 100 valence electrons. The fourth-order valence-electron chi connectivity index (χ4n) is 1.21. The molecule has 0 fully saturated rings. The first kappa shape index (κ1) is 14.6. The highest BCUT2D eigenvalue weighted by molar-refractivity contribution is 7.63. The van der Waals surface area contributed by atoms with Crippen LogP contribution in [0.3, 0.4) is 0 Å². The van der Waals surface area contributed by atoms with Gasteiger partial charge in [0.1, 0.15) is 0 Å². The van der Waals surface area contributed by atoms with Crippen molar-refractivity contribution in [2.24, 2.45) is 5.73 Å². The average Bonchev–Trinajstić information content (AvgIpc) is 2.49. The molecule has 0 radical (unpaired) electrons. The van der Waals surface area contributed by atoms with Crippen LogP contribution in [0.15, 0.2) is 35.1 Å². The second-order valence-electron chi connectivity index (χ2n) is 3.47. The van der Waals surface area contributed by atoms with Crippen LogP contribution in [0.4, 0.5) is 0 Å². The number of primary amides is 1. The molecule has 3 N–H and O–H groups in total. The lowest BCUT2D eigenvalue weighted by Crippen LogP contribution is -2.04. The van der Waals surface area contributed by atoms with Gasteiger partial charge in [0.15, 0.2) is 4.51 Å². The maximum atomic E-state index is 11.3. The predicted molar refractivity (Wildman–Crippen MR) is 69.4 cm³/mol. The molecule has 0 bridgehead atoms. The maximum Gasteiger partial charge on any atom is 0.287 e. The third kappa shape index (κ3) is 4.36. The summed E-state index contributed by atoms with van der Waals surface area (Å²) in [7, 11) is -2.56. The highest BCUT2D eigenvalue weighted by Crippen LogP contribution is 2.06. The highest BCUT2D eigenvalue weighted by Gasteiger charge is 1.95. The van der Waals surface area contributed by atoms with Gasteiger partial charge in [0.2, 0.25) is 16.2 Å². The lowest BCUT2D eigenvalue weighted by molar-refractivity contribution is -0.115. The van der Waals surface area contributed by atoms with Crippen LogP contribution in [0.1, 0.15) is 6.92 Å². The van der Waals surface area contributed by atoms with Crippen molar-refractivity contribution < 1.29 is 13.2 Å². The number of aromatic nitrogens is 2. The van der Waals surface area contributed by atoms with Gasteiger partial charge >= 0.3 is 0 Å². The van der Waals surface area contributed by atoms with E-state index in [1.807, 2.05) is 0 Å². The summed E-state index contributed by atoms with van der Waals surface area (Å²) in [6.07, 6.45) is 0. The van der Waals surface area contributed by atoms with Gasteiger partial charge in [-0.15, -0.1) is 0 Å². The Morgan fingerprint density at radius 3 is 2.47 bits per heavy atom. The van der Waals surface area contributed by atoms with Gasteiger partial charge in [0.25, 0.3) is 5.56 Å². The first-order chi connectivity index (χ1) is 8.91. The quantitative estimate of drug-likeness (QED) is 0.649. The molecule has 1 heterocycles. The van der Waals surface area contributed by atoms with E-state index < -0.39 is 15.9 Å². The van der Waals surface area contributed by atoms with Gasteiger partial charge in [-0.05, 0) is 12.1 Å². The number of nitrogens with one attached hydrogen (secondary N) is 1. The molecule has 7 nitrogen and oxygen atoms in total. The SMILES string of the molecule is CC(N)=O.O=c1[nH]nc2ccccc2cc1=S(=O)=O. The molecule has 8 heteroatoms. The second kappa shape index (κ2) is 6.45. The number of para-hydroxylation sites is 1. The first-order valence-corrected chi connectivity index (χ1v) is 6.16. The van der Waals surface area contributed by atoms with Gasteiger partial charge in [-0.2, -0.15) is 13.5 Å². The van der Waals surface area contributed by atoms with E-state index >= 15 is 0 Å². The molecule has 1 amide bonds. The van der Waals surface area contributed by atoms with Crippen LogP contribution in [-0.2, 0) is 15.1 Å². The number of hydrogen-bond acceptors (Lipinski definition) is 5. The van der Waals surface area contributed by atoms with Gasteiger partial charge in [0, 0.05) is 12.3 Å². The molecule has 0 atom stereocenters. The predicted octanol–water partition coefficient (Wildman–Crippen LogP) is -0.174. The molecule has 1 aromatic heterocycles. The van der Waals surface area contributed by atoms with Gasteiger partial charge in [0.05, 0.1) is 5.52 Å². The van der Waals surface area contributed by atoms with Crippen molar-refractivity contribution in [3.8, 4) is 0 Å². The number of hydrogen-bond donors (Lipinski definition) is 2. The molecule has 2 aromatic rings. The smallest absolute Gasteiger partial charge is 0.287 e. The van der Waals surface area contributed by atoms with E-state index in [-0.39, 0.29) is 10.4 Å². The second-order valence-corrected chi connectivity index (χ2v) is 4.37. The van der Waals surface area contributed by atoms with Crippen LogP contribution in [0.25, 0.3) is 10.9 Å². The van der Waals surface area contributed by atoms with E-state index in [1.165, 1.54) is 13.0 Å². The average molecular weight is 281 g/mol. The van der Waals surface area contributed by atoms with Gasteiger partial charge in [-0.3, -0.25) is 9.59 Å². The zero-order valence-corrected chi connectivity index (χ0v) is 10.8. The summed E-state index contributed by atoms with van der Waals surface area (Å²) < 4.78 is 21.2. The van der Waals surface area contributed by atoms with E-state index in [1.54, 1.807) is 24.3 Å². The number of carbonyl (C=O) groups is 1. The minimum atomic E-state index is -2.56. The number of aromatic amines is 1. The summed E-state index contributed by atoms with van der Waals surface area (Å²) >= 11 is 0. The Bertz CT molecular complexity index is 828. The van der Waals surface area contributed by atoms with Crippen LogP contribution >= 0.6 is 0 Å². The molecule has 1 aromatic carbocycles. The van der Waals surface area contributed by atoms with E-state index in [4.69, 9.17) is 0 Å². The van der Waals surface area contributed by atoms with Crippen LogP contribution in [-0.4, -0.2) is 24.5 Å². The summed E-state index contributed by atoms with van der Waals surface area (Å²) in [6, 6.07) is 8.16. The Morgan fingerprint density at radius 1 is 1.32 bits per heavy atom. The van der Waals surface area contributed by atoms with Gasteiger partial charge in [-0.1, -0.05) is 18.2 Å². The Morgan fingerprint density at radius 2 is 1.89 bits per heavy atom. The van der Waals surface area contributed by atoms with Crippen molar-refractivity contribution in [2.45, 2.75) is 6.92 Å². The zero-order chi connectivity index (χ0) is 14.4. The van der Waals surface area contributed by atoms with E-state index in [0.717, 1.165) is 0 Å². The highest BCUT2D eigenvalue weighted by atomic mass is 32.2. The summed E-state index contributed by atoms with van der Waals surface area (Å²) in [5.41, 5.74) is 4.28. The number of benzene rings is 1. The number of carbonyl (C=O) groups excluding carboxylic acids is 1. The number of amides is 1. The maximum absolute atomic E-state index is 11.3. The number of fused-ring (bicyclic) bond motifs is 1. The number of rotatable bonds is 0. The van der Waals surface area contributed by atoms with E-state index in [9.17, 15) is 18.0 Å². The van der Waals surface area contributed by atoms with Crippen molar-refractivity contribution in [3.05, 3.63) is 45.2 Å². The zero-order valence-electron chi connectivity index (χ0n) is 9.95. The van der Waals surface area contributed by atoms with Crippen molar-refractivity contribution in [2.75, 3.05) is 0 Å². The molecule has 0 aliphatic rings. The van der Waals surface area contributed by atoms with Crippen LogP contribution in [0, 0.1) is 4.51 Å².